The van der Waals surface area contributed by atoms with Crippen LogP contribution in [0.5, 0.6) is 0 Å². The van der Waals surface area contributed by atoms with Crippen molar-refractivity contribution >= 4 is 33.9 Å². The van der Waals surface area contributed by atoms with Gasteiger partial charge in [-0.25, -0.2) is 4.39 Å². The van der Waals surface area contributed by atoms with Crippen molar-refractivity contribution < 1.29 is 4.39 Å². The Labute approximate surface area is 99.9 Å². The molecule has 0 N–H and O–H groups in total. The molecular formula is C11H8FIS. The molecule has 2 aromatic rings. The van der Waals surface area contributed by atoms with E-state index >= 15 is 0 Å². The van der Waals surface area contributed by atoms with Crippen LogP contribution in [-0.2, 0) is 6.42 Å². The average molecular weight is 318 g/mol. The van der Waals surface area contributed by atoms with Crippen LogP contribution in [0.3, 0.4) is 0 Å². The van der Waals surface area contributed by atoms with Gasteiger partial charge in [-0.15, -0.1) is 11.3 Å². The summed E-state index contributed by atoms with van der Waals surface area (Å²) in [5.41, 5.74) is 2.45. The third kappa shape index (κ3) is 2.54. The first-order valence-electron chi connectivity index (χ1n) is 4.21. The SMILES string of the molecule is Fc1ccc(Cc2csc(I)c2)cc1. The van der Waals surface area contributed by atoms with Gasteiger partial charge in [-0.05, 0) is 63.7 Å². The molecule has 0 atom stereocenters. The Kier molecular flexibility index (Phi) is 3.18. The molecule has 0 nitrogen and oxygen atoms in total. The zero-order valence-electron chi connectivity index (χ0n) is 7.34. The van der Waals surface area contributed by atoms with Gasteiger partial charge in [0.2, 0.25) is 0 Å². The van der Waals surface area contributed by atoms with E-state index in [2.05, 4.69) is 34.0 Å². The van der Waals surface area contributed by atoms with Gasteiger partial charge in [0, 0.05) is 0 Å². The van der Waals surface area contributed by atoms with Gasteiger partial charge in [-0.2, -0.15) is 0 Å². The van der Waals surface area contributed by atoms with E-state index in [1.807, 2.05) is 12.1 Å². The molecule has 0 aliphatic heterocycles. The minimum atomic E-state index is -0.173. The Morgan fingerprint density at radius 3 is 2.43 bits per heavy atom. The van der Waals surface area contributed by atoms with E-state index in [-0.39, 0.29) is 5.82 Å². The first-order valence-corrected chi connectivity index (χ1v) is 6.17. The Hall–Kier alpha value is -0.420. The first kappa shape index (κ1) is 10.1. The molecule has 72 valence electrons. The molecule has 2 rings (SSSR count). The lowest BCUT2D eigenvalue weighted by Gasteiger charge is -1.97. The number of hydrogen-bond donors (Lipinski definition) is 0. The van der Waals surface area contributed by atoms with Gasteiger partial charge >= 0.3 is 0 Å². The van der Waals surface area contributed by atoms with Crippen LogP contribution in [0.2, 0.25) is 0 Å². The van der Waals surface area contributed by atoms with Crippen molar-refractivity contribution in [3.05, 3.63) is 55.5 Å². The Balaban J connectivity index is 2.15. The van der Waals surface area contributed by atoms with Crippen molar-refractivity contribution in [2.75, 3.05) is 0 Å². The number of thiophene rings is 1. The maximum absolute atomic E-state index is 12.6. The van der Waals surface area contributed by atoms with Crippen molar-refractivity contribution in [1.29, 1.82) is 0 Å². The third-order valence-corrected chi connectivity index (χ3v) is 3.78. The highest BCUT2D eigenvalue weighted by Crippen LogP contribution is 2.19. The zero-order chi connectivity index (χ0) is 9.97. The predicted molar refractivity (Wildman–Crippen MR) is 66.2 cm³/mol. The topological polar surface area (TPSA) is 0 Å². The quantitative estimate of drug-likeness (QED) is 0.732. The second-order valence-corrected chi connectivity index (χ2v) is 5.87. The fraction of sp³-hybridized carbons (Fsp3) is 0.0909. The fourth-order valence-corrected chi connectivity index (χ4v) is 2.69. The highest BCUT2D eigenvalue weighted by Gasteiger charge is 1.99. The van der Waals surface area contributed by atoms with Gasteiger partial charge < -0.3 is 0 Å². The van der Waals surface area contributed by atoms with E-state index in [4.69, 9.17) is 0 Å². The molecule has 1 aromatic heterocycles. The van der Waals surface area contributed by atoms with E-state index in [1.165, 1.54) is 20.6 Å². The molecule has 0 fully saturated rings. The van der Waals surface area contributed by atoms with Crippen molar-refractivity contribution in [3.8, 4) is 0 Å². The van der Waals surface area contributed by atoms with Crippen LogP contribution in [0.15, 0.2) is 35.7 Å². The summed E-state index contributed by atoms with van der Waals surface area (Å²) in [6.45, 7) is 0. The van der Waals surface area contributed by atoms with Gasteiger partial charge in [0.25, 0.3) is 0 Å². The molecule has 0 unspecified atom stereocenters. The van der Waals surface area contributed by atoms with Gasteiger partial charge in [0.15, 0.2) is 0 Å². The lowest BCUT2D eigenvalue weighted by molar-refractivity contribution is 0.627. The normalized spacial score (nSPS) is 10.4. The smallest absolute Gasteiger partial charge is 0.123 e. The van der Waals surface area contributed by atoms with E-state index < -0.39 is 0 Å². The molecule has 14 heavy (non-hydrogen) atoms. The lowest BCUT2D eigenvalue weighted by Crippen LogP contribution is -1.85. The van der Waals surface area contributed by atoms with Crippen LogP contribution in [0.25, 0.3) is 0 Å². The number of rotatable bonds is 2. The molecule has 0 bridgehead atoms. The summed E-state index contributed by atoms with van der Waals surface area (Å²) in [7, 11) is 0. The standard InChI is InChI=1S/C11H8FIS/c12-10-3-1-8(2-4-10)5-9-6-11(13)14-7-9/h1-4,6-7H,5H2. The van der Waals surface area contributed by atoms with Gasteiger partial charge in [0.1, 0.15) is 5.82 Å². The largest absolute Gasteiger partial charge is 0.207 e. The van der Waals surface area contributed by atoms with Crippen LogP contribution in [0.1, 0.15) is 11.1 Å². The molecule has 1 aromatic carbocycles. The number of benzene rings is 1. The van der Waals surface area contributed by atoms with Gasteiger partial charge in [0.05, 0.1) is 2.88 Å². The Morgan fingerprint density at radius 1 is 1.14 bits per heavy atom. The molecular weight excluding hydrogens is 310 g/mol. The van der Waals surface area contributed by atoms with Crippen molar-refractivity contribution in [1.82, 2.24) is 0 Å². The maximum Gasteiger partial charge on any atom is 0.123 e. The summed E-state index contributed by atoms with van der Waals surface area (Å²) in [5, 5.41) is 2.14. The molecule has 0 amide bonds. The molecule has 0 radical (unpaired) electrons. The zero-order valence-corrected chi connectivity index (χ0v) is 10.3. The van der Waals surface area contributed by atoms with Crippen LogP contribution in [0, 0.1) is 8.70 Å². The van der Waals surface area contributed by atoms with Crippen LogP contribution < -0.4 is 0 Å². The second-order valence-electron chi connectivity index (χ2n) is 3.06. The maximum atomic E-state index is 12.6. The first-order chi connectivity index (χ1) is 6.74. The lowest BCUT2D eigenvalue weighted by atomic mass is 10.1. The Morgan fingerprint density at radius 2 is 1.86 bits per heavy atom. The molecule has 3 heteroatoms. The van der Waals surface area contributed by atoms with Crippen LogP contribution >= 0.6 is 33.9 Å². The summed E-state index contributed by atoms with van der Waals surface area (Å²) in [6, 6.07) is 8.84. The van der Waals surface area contributed by atoms with Gasteiger partial charge in [-0.3, -0.25) is 0 Å². The van der Waals surface area contributed by atoms with E-state index in [0.29, 0.717) is 0 Å². The van der Waals surface area contributed by atoms with E-state index in [9.17, 15) is 4.39 Å². The minimum Gasteiger partial charge on any atom is -0.207 e. The summed E-state index contributed by atoms with van der Waals surface area (Å²) >= 11 is 4.05. The van der Waals surface area contributed by atoms with E-state index in [0.717, 1.165) is 12.0 Å². The average Bonchev–Trinajstić information content (AvgIpc) is 2.56. The minimum absolute atomic E-state index is 0.173. The highest BCUT2D eigenvalue weighted by molar-refractivity contribution is 14.1. The van der Waals surface area contributed by atoms with Crippen molar-refractivity contribution in [2.24, 2.45) is 0 Å². The second kappa shape index (κ2) is 4.40. The Bertz CT molecular complexity index is 419. The molecule has 1 heterocycles. The van der Waals surface area contributed by atoms with Crippen molar-refractivity contribution in [3.63, 3.8) is 0 Å². The summed E-state index contributed by atoms with van der Waals surface area (Å²) in [6.07, 6.45) is 0.889. The predicted octanol–water partition coefficient (Wildman–Crippen LogP) is 4.08. The summed E-state index contributed by atoms with van der Waals surface area (Å²) in [5.74, 6) is -0.173. The highest BCUT2D eigenvalue weighted by atomic mass is 127. The van der Waals surface area contributed by atoms with E-state index in [1.54, 1.807) is 11.3 Å². The number of hydrogen-bond acceptors (Lipinski definition) is 1. The summed E-state index contributed by atoms with van der Waals surface area (Å²) in [4.78, 5) is 0. The molecule has 0 aliphatic rings. The van der Waals surface area contributed by atoms with Crippen LogP contribution in [-0.4, -0.2) is 0 Å². The molecule has 0 saturated heterocycles. The van der Waals surface area contributed by atoms with Crippen LogP contribution in [0.4, 0.5) is 4.39 Å². The number of halogens is 2. The fourth-order valence-electron chi connectivity index (χ4n) is 1.28. The van der Waals surface area contributed by atoms with Gasteiger partial charge in [-0.1, -0.05) is 12.1 Å². The molecule has 0 spiro atoms. The monoisotopic (exact) mass is 318 g/mol. The molecule has 0 aliphatic carbocycles. The van der Waals surface area contributed by atoms with Crippen molar-refractivity contribution in [2.45, 2.75) is 6.42 Å². The summed E-state index contributed by atoms with van der Waals surface area (Å²) < 4.78 is 13.9. The molecule has 0 saturated carbocycles. The third-order valence-electron chi connectivity index (χ3n) is 1.94.